The third kappa shape index (κ3) is 1.64. The van der Waals surface area contributed by atoms with E-state index in [0.29, 0.717) is 11.7 Å². The molecule has 3 unspecified atom stereocenters. The zero-order valence-electron chi connectivity index (χ0n) is 8.10. The SMILES string of the molecule is CC1[B]OC(c2ccccc2)C1C. The maximum atomic E-state index is 5.64. The highest BCUT2D eigenvalue weighted by molar-refractivity contribution is 6.30. The molecule has 1 aromatic rings. The first kappa shape index (κ1) is 8.83. The molecule has 1 aliphatic rings. The number of rotatable bonds is 1. The number of benzene rings is 1. The van der Waals surface area contributed by atoms with E-state index in [4.69, 9.17) is 4.65 Å². The summed E-state index contributed by atoms with van der Waals surface area (Å²) < 4.78 is 5.64. The van der Waals surface area contributed by atoms with Crippen LogP contribution in [0.2, 0.25) is 5.82 Å². The summed E-state index contributed by atoms with van der Waals surface area (Å²) in [6.07, 6.45) is 0.260. The summed E-state index contributed by atoms with van der Waals surface area (Å²) in [6.45, 7) is 4.44. The fourth-order valence-corrected chi connectivity index (χ4v) is 1.76. The molecule has 0 bridgehead atoms. The molecule has 1 aromatic carbocycles. The molecule has 1 nitrogen and oxygen atoms in total. The van der Waals surface area contributed by atoms with Crippen molar-refractivity contribution in [2.75, 3.05) is 0 Å². The minimum absolute atomic E-state index is 0.260. The van der Waals surface area contributed by atoms with E-state index >= 15 is 0 Å². The van der Waals surface area contributed by atoms with Crippen molar-refractivity contribution in [3.05, 3.63) is 35.9 Å². The van der Waals surface area contributed by atoms with Crippen LogP contribution in [0.4, 0.5) is 0 Å². The first-order valence-corrected chi connectivity index (χ1v) is 4.83. The highest BCUT2D eigenvalue weighted by Crippen LogP contribution is 2.39. The van der Waals surface area contributed by atoms with Crippen LogP contribution in [0.1, 0.15) is 25.5 Å². The van der Waals surface area contributed by atoms with Gasteiger partial charge < -0.3 is 4.65 Å². The van der Waals surface area contributed by atoms with Gasteiger partial charge in [-0.3, -0.25) is 0 Å². The maximum absolute atomic E-state index is 5.64. The molecule has 3 atom stereocenters. The quantitative estimate of drug-likeness (QED) is 0.593. The Bertz CT molecular complexity index is 273. The Morgan fingerprint density at radius 2 is 1.85 bits per heavy atom. The van der Waals surface area contributed by atoms with Crippen molar-refractivity contribution in [2.45, 2.75) is 25.8 Å². The van der Waals surface area contributed by atoms with E-state index in [1.165, 1.54) is 5.56 Å². The van der Waals surface area contributed by atoms with Crippen molar-refractivity contribution in [1.29, 1.82) is 0 Å². The van der Waals surface area contributed by atoms with Gasteiger partial charge in [0, 0.05) is 0 Å². The van der Waals surface area contributed by atoms with Gasteiger partial charge >= 0.3 is 0 Å². The van der Waals surface area contributed by atoms with Crippen LogP contribution in [0.5, 0.6) is 0 Å². The Kier molecular flexibility index (Phi) is 2.41. The molecule has 0 saturated carbocycles. The van der Waals surface area contributed by atoms with Crippen LogP contribution in [0.3, 0.4) is 0 Å². The molecule has 67 valence electrons. The third-order valence-corrected chi connectivity index (χ3v) is 2.87. The molecule has 1 saturated heterocycles. The lowest BCUT2D eigenvalue weighted by molar-refractivity contribution is 0.197. The fourth-order valence-electron chi connectivity index (χ4n) is 1.76. The lowest BCUT2D eigenvalue weighted by Gasteiger charge is -2.17. The van der Waals surface area contributed by atoms with E-state index in [-0.39, 0.29) is 6.10 Å². The molecule has 1 fully saturated rings. The van der Waals surface area contributed by atoms with Crippen LogP contribution >= 0.6 is 0 Å². The van der Waals surface area contributed by atoms with E-state index in [0.717, 1.165) is 0 Å². The van der Waals surface area contributed by atoms with Crippen LogP contribution in [-0.4, -0.2) is 7.48 Å². The highest BCUT2D eigenvalue weighted by Gasteiger charge is 2.32. The van der Waals surface area contributed by atoms with Crippen molar-refractivity contribution in [3.63, 3.8) is 0 Å². The van der Waals surface area contributed by atoms with Crippen LogP contribution in [-0.2, 0) is 4.65 Å². The number of hydrogen-bond acceptors (Lipinski definition) is 1. The molecule has 1 radical (unpaired) electrons. The van der Waals surface area contributed by atoms with Crippen LogP contribution in [0.25, 0.3) is 0 Å². The molecule has 2 rings (SSSR count). The summed E-state index contributed by atoms with van der Waals surface area (Å²) in [6, 6.07) is 10.4. The van der Waals surface area contributed by atoms with Gasteiger partial charge in [-0.15, -0.1) is 0 Å². The average Bonchev–Trinajstić information content (AvgIpc) is 2.49. The van der Waals surface area contributed by atoms with E-state index in [1.807, 2.05) is 13.5 Å². The summed E-state index contributed by atoms with van der Waals surface area (Å²) in [7, 11) is 1.96. The molecule has 0 aromatic heterocycles. The Morgan fingerprint density at radius 3 is 2.38 bits per heavy atom. The average molecular weight is 173 g/mol. The minimum Gasteiger partial charge on any atom is -0.433 e. The normalized spacial score (nSPS) is 32.9. The van der Waals surface area contributed by atoms with Gasteiger partial charge in [0.05, 0.1) is 6.10 Å². The molecule has 13 heavy (non-hydrogen) atoms. The summed E-state index contributed by atoms with van der Waals surface area (Å²) in [5, 5.41) is 0. The summed E-state index contributed by atoms with van der Waals surface area (Å²) in [5.41, 5.74) is 1.29. The molecular weight excluding hydrogens is 159 g/mol. The highest BCUT2D eigenvalue weighted by atomic mass is 16.4. The lowest BCUT2D eigenvalue weighted by Crippen LogP contribution is -2.05. The molecule has 1 aliphatic heterocycles. The fraction of sp³-hybridized carbons (Fsp3) is 0.455. The van der Waals surface area contributed by atoms with Gasteiger partial charge in [0.15, 0.2) is 0 Å². The maximum Gasteiger partial charge on any atom is 0.296 e. The van der Waals surface area contributed by atoms with Crippen molar-refractivity contribution in [3.8, 4) is 0 Å². The lowest BCUT2D eigenvalue weighted by atomic mass is 9.75. The van der Waals surface area contributed by atoms with Crippen molar-refractivity contribution < 1.29 is 4.65 Å². The van der Waals surface area contributed by atoms with Crippen molar-refractivity contribution >= 4 is 7.48 Å². The second kappa shape index (κ2) is 3.55. The van der Waals surface area contributed by atoms with Gasteiger partial charge in [0.25, 0.3) is 7.48 Å². The van der Waals surface area contributed by atoms with Gasteiger partial charge in [-0.05, 0) is 17.3 Å². The summed E-state index contributed by atoms with van der Waals surface area (Å²) in [5.74, 6) is 1.15. The van der Waals surface area contributed by atoms with Crippen LogP contribution in [0, 0.1) is 5.92 Å². The monoisotopic (exact) mass is 173 g/mol. The van der Waals surface area contributed by atoms with Gasteiger partial charge in [-0.25, -0.2) is 0 Å². The second-order valence-electron chi connectivity index (χ2n) is 3.82. The first-order valence-electron chi connectivity index (χ1n) is 4.83. The Morgan fingerprint density at radius 1 is 1.15 bits per heavy atom. The van der Waals surface area contributed by atoms with E-state index in [9.17, 15) is 0 Å². The minimum atomic E-state index is 0.260. The predicted octanol–water partition coefficient (Wildman–Crippen LogP) is 2.82. The second-order valence-corrected chi connectivity index (χ2v) is 3.82. The molecule has 0 aliphatic carbocycles. The Labute approximate surface area is 80.4 Å². The zero-order valence-corrected chi connectivity index (χ0v) is 8.10. The van der Waals surface area contributed by atoms with Gasteiger partial charge in [0.1, 0.15) is 0 Å². The molecular formula is C11H14BO. The standard InChI is InChI=1S/C11H14BO/c1-8-9(2)12-13-11(8)10-6-4-3-5-7-10/h3-9,11H,1-2H3. The molecule has 0 spiro atoms. The van der Waals surface area contributed by atoms with E-state index in [1.54, 1.807) is 0 Å². The van der Waals surface area contributed by atoms with Gasteiger partial charge in [-0.1, -0.05) is 44.2 Å². The van der Waals surface area contributed by atoms with E-state index in [2.05, 4.69) is 38.1 Å². The van der Waals surface area contributed by atoms with Gasteiger partial charge in [-0.2, -0.15) is 0 Å². The van der Waals surface area contributed by atoms with Crippen LogP contribution < -0.4 is 0 Å². The van der Waals surface area contributed by atoms with Gasteiger partial charge in [0.2, 0.25) is 0 Å². The molecule has 0 amide bonds. The van der Waals surface area contributed by atoms with E-state index < -0.39 is 0 Å². The topological polar surface area (TPSA) is 9.23 Å². The molecule has 1 heterocycles. The number of hydrogen-bond donors (Lipinski definition) is 0. The molecule has 2 heteroatoms. The zero-order chi connectivity index (χ0) is 9.26. The first-order chi connectivity index (χ1) is 6.29. The third-order valence-electron chi connectivity index (χ3n) is 2.87. The van der Waals surface area contributed by atoms with Crippen LogP contribution in [0.15, 0.2) is 30.3 Å². The summed E-state index contributed by atoms with van der Waals surface area (Å²) >= 11 is 0. The Balaban J connectivity index is 2.19. The predicted molar refractivity (Wildman–Crippen MR) is 54.6 cm³/mol. The largest absolute Gasteiger partial charge is 0.433 e. The van der Waals surface area contributed by atoms with Crippen molar-refractivity contribution in [2.24, 2.45) is 5.92 Å². The van der Waals surface area contributed by atoms with Crippen molar-refractivity contribution in [1.82, 2.24) is 0 Å². The molecule has 0 N–H and O–H groups in total. The smallest absolute Gasteiger partial charge is 0.296 e. The summed E-state index contributed by atoms with van der Waals surface area (Å²) in [4.78, 5) is 0. The Hall–Kier alpha value is -0.755.